The Morgan fingerprint density at radius 3 is 2.39 bits per heavy atom. The minimum absolute atomic E-state index is 0.0571. The number of aromatic amines is 2. The van der Waals surface area contributed by atoms with Crippen LogP contribution in [-0.2, 0) is 0 Å². The van der Waals surface area contributed by atoms with Gasteiger partial charge < -0.3 is 9.97 Å². The van der Waals surface area contributed by atoms with E-state index in [0.717, 1.165) is 0 Å². The molecule has 1 aromatic carbocycles. The number of amides is 2. The molecule has 8 heteroatoms. The standard InChI is InChI=1S/C15H11BrN4O3/c16-9-6-11(17-7-9)14(22)19-20-15(23)12-5-8-3-1-2-4-10(8)13(21)18-12/h1-7,17H,(H,18,21)(H,19,22)(H,20,23). The van der Waals surface area contributed by atoms with Gasteiger partial charge in [-0.15, -0.1) is 0 Å². The number of carbonyl (C=O) groups is 2. The second-order valence-corrected chi connectivity index (χ2v) is 5.65. The molecule has 23 heavy (non-hydrogen) atoms. The van der Waals surface area contributed by atoms with Gasteiger partial charge in [-0.1, -0.05) is 18.2 Å². The lowest BCUT2D eigenvalue weighted by atomic mass is 10.1. The van der Waals surface area contributed by atoms with Gasteiger partial charge in [-0.05, 0) is 39.5 Å². The van der Waals surface area contributed by atoms with Crippen LogP contribution in [0.4, 0.5) is 0 Å². The maximum Gasteiger partial charge on any atom is 0.286 e. The number of benzene rings is 1. The molecule has 0 fully saturated rings. The normalized spacial score (nSPS) is 10.5. The second-order valence-electron chi connectivity index (χ2n) is 4.74. The fourth-order valence-electron chi connectivity index (χ4n) is 2.08. The average Bonchev–Trinajstić information content (AvgIpc) is 2.99. The smallest absolute Gasteiger partial charge is 0.286 e. The van der Waals surface area contributed by atoms with Gasteiger partial charge in [0, 0.05) is 16.1 Å². The van der Waals surface area contributed by atoms with Crippen LogP contribution < -0.4 is 16.4 Å². The van der Waals surface area contributed by atoms with Crippen LogP contribution in [0, 0.1) is 0 Å². The van der Waals surface area contributed by atoms with E-state index >= 15 is 0 Å². The molecule has 0 saturated carbocycles. The Balaban J connectivity index is 1.76. The van der Waals surface area contributed by atoms with Crippen molar-refractivity contribution in [2.75, 3.05) is 0 Å². The van der Waals surface area contributed by atoms with Crippen molar-refractivity contribution in [3.63, 3.8) is 0 Å². The third-order valence-corrected chi connectivity index (χ3v) is 3.64. The van der Waals surface area contributed by atoms with E-state index in [0.29, 0.717) is 15.2 Å². The van der Waals surface area contributed by atoms with Crippen molar-refractivity contribution >= 4 is 38.5 Å². The first kappa shape index (κ1) is 15.0. The lowest BCUT2D eigenvalue weighted by Crippen LogP contribution is -2.42. The Morgan fingerprint density at radius 1 is 1.00 bits per heavy atom. The lowest BCUT2D eigenvalue weighted by molar-refractivity contribution is 0.0841. The van der Waals surface area contributed by atoms with E-state index in [-0.39, 0.29) is 16.9 Å². The predicted octanol–water partition coefficient (Wildman–Crippen LogP) is 1.69. The van der Waals surface area contributed by atoms with E-state index in [1.54, 1.807) is 42.6 Å². The maximum absolute atomic E-state index is 12.1. The molecule has 0 aliphatic carbocycles. The number of rotatable bonds is 2. The second kappa shape index (κ2) is 6.09. The van der Waals surface area contributed by atoms with E-state index in [1.807, 2.05) is 0 Å². The summed E-state index contributed by atoms with van der Waals surface area (Å²) in [7, 11) is 0. The zero-order valence-corrected chi connectivity index (χ0v) is 13.2. The van der Waals surface area contributed by atoms with Crippen LogP contribution in [0.3, 0.4) is 0 Å². The Hall–Kier alpha value is -2.87. The maximum atomic E-state index is 12.1. The molecule has 0 aliphatic heterocycles. The molecule has 0 spiro atoms. The molecule has 3 aromatic rings. The molecule has 2 heterocycles. The topological polar surface area (TPSA) is 107 Å². The summed E-state index contributed by atoms with van der Waals surface area (Å²) >= 11 is 3.21. The van der Waals surface area contributed by atoms with E-state index < -0.39 is 11.8 Å². The van der Waals surface area contributed by atoms with Gasteiger partial charge in [-0.3, -0.25) is 25.2 Å². The summed E-state index contributed by atoms with van der Waals surface area (Å²) in [5.74, 6) is -1.13. The molecule has 116 valence electrons. The summed E-state index contributed by atoms with van der Waals surface area (Å²) in [5.41, 5.74) is 4.49. The highest BCUT2D eigenvalue weighted by atomic mass is 79.9. The fourth-order valence-corrected chi connectivity index (χ4v) is 2.42. The lowest BCUT2D eigenvalue weighted by Gasteiger charge is -2.07. The van der Waals surface area contributed by atoms with Crippen molar-refractivity contribution in [3.05, 3.63) is 68.8 Å². The van der Waals surface area contributed by atoms with Crippen LogP contribution in [0.15, 0.2) is 51.9 Å². The first-order chi connectivity index (χ1) is 11.0. The van der Waals surface area contributed by atoms with E-state index in [4.69, 9.17) is 0 Å². The number of aromatic nitrogens is 2. The third-order valence-electron chi connectivity index (χ3n) is 3.18. The Bertz CT molecular complexity index is 961. The molecule has 0 unspecified atom stereocenters. The zero-order chi connectivity index (χ0) is 16.4. The summed E-state index contributed by atoms with van der Waals surface area (Å²) in [5, 5.41) is 1.13. The average molecular weight is 375 g/mol. The van der Waals surface area contributed by atoms with Crippen molar-refractivity contribution in [1.82, 2.24) is 20.8 Å². The van der Waals surface area contributed by atoms with Gasteiger partial charge in [0.1, 0.15) is 11.4 Å². The van der Waals surface area contributed by atoms with Crippen LogP contribution in [0.5, 0.6) is 0 Å². The molecule has 2 aromatic heterocycles. The van der Waals surface area contributed by atoms with Crippen molar-refractivity contribution in [1.29, 1.82) is 0 Å². The minimum atomic E-state index is -0.619. The summed E-state index contributed by atoms with van der Waals surface area (Å²) in [6.45, 7) is 0. The van der Waals surface area contributed by atoms with Crippen LogP contribution >= 0.6 is 15.9 Å². The Kier molecular flexibility index (Phi) is 3.98. The monoisotopic (exact) mass is 374 g/mol. The molecule has 3 rings (SSSR count). The van der Waals surface area contributed by atoms with E-state index in [9.17, 15) is 14.4 Å². The van der Waals surface area contributed by atoms with Crippen LogP contribution in [0.2, 0.25) is 0 Å². The summed E-state index contributed by atoms with van der Waals surface area (Å²) in [6, 6.07) is 10.0. The van der Waals surface area contributed by atoms with Crippen molar-refractivity contribution in [2.45, 2.75) is 0 Å². The summed E-state index contributed by atoms with van der Waals surface area (Å²) < 4.78 is 0.716. The van der Waals surface area contributed by atoms with Gasteiger partial charge in [0.05, 0.1) is 0 Å². The Labute approximate surface area is 138 Å². The molecule has 0 radical (unpaired) electrons. The number of hydrogen-bond acceptors (Lipinski definition) is 3. The summed E-state index contributed by atoms with van der Waals surface area (Å²) in [4.78, 5) is 41.0. The van der Waals surface area contributed by atoms with Gasteiger partial charge in [-0.2, -0.15) is 0 Å². The molecule has 0 bridgehead atoms. The molecular formula is C15H11BrN4O3. The fraction of sp³-hybridized carbons (Fsp3) is 0. The van der Waals surface area contributed by atoms with Crippen LogP contribution in [0.1, 0.15) is 21.0 Å². The number of pyridine rings is 1. The van der Waals surface area contributed by atoms with E-state index in [1.165, 1.54) is 0 Å². The highest BCUT2D eigenvalue weighted by Gasteiger charge is 2.12. The number of nitrogens with one attached hydrogen (secondary N) is 4. The number of carbonyl (C=O) groups excluding carboxylic acids is 2. The third kappa shape index (κ3) is 3.16. The number of halogens is 1. The largest absolute Gasteiger partial charge is 0.356 e. The van der Waals surface area contributed by atoms with Gasteiger partial charge in [0.25, 0.3) is 17.4 Å². The highest BCUT2D eigenvalue weighted by molar-refractivity contribution is 9.10. The number of fused-ring (bicyclic) bond motifs is 1. The van der Waals surface area contributed by atoms with Gasteiger partial charge in [-0.25, -0.2) is 0 Å². The summed E-state index contributed by atoms with van der Waals surface area (Å²) in [6.07, 6.45) is 1.59. The molecule has 0 aliphatic rings. The molecule has 7 nitrogen and oxygen atoms in total. The molecule has 4 N–H and O–H groups in total. The zero-order valence-electron chi connectivity index (χ0n) is 11.6. The SMILES string of the molecule is O=C(NNC(=O)c1cc2ccccc2c(=O)[nH]1)c1cc(Br)c[nH]1. The first-order valence-electron chi connectivity index (χ1n) is 6.61. The van der Waals surface area contributed by atoms with Crippen LogP contribution in [0.25, 0.3) is 10.8 Å². The Morgan fingerprint density at radius 2 is 1.70 bits per heavy atom. The van der Waals surface area contributed by atoms with Crippen molar-refractivity contribution in [3.8, 4) is 0 Å². The molecular weight excluding hydrogens is 364 g/mol. The highest BCUT2D eigenvalue weighted by Crippen LogP contribution is 2.11. The predicted molar refractivity (Wildman–Crippen MR) is 88.0 cm³/mol. The quantitative estimate of drug-likeness (QED) is 0.512. The number of H-pyrrole nitrogens is 2. The molecule has 0 saturated heterocycles. The van der Waals surface area contributed by atoms with Gasteiger partial charge in [0.2, 0.25) is 0 Å². The van der Waals surface area contributed by atoms with Crippen LogP contribution in [-0.4, -0.2) is 21.8 Å². The number of hydrogen-bond donors (Lipinski definition) is 4. The molecule has 0 atom stereocenters. The van der Waals surface area contributed by atoms with E-state index in [2.05, 4.69) is 36.7 Å². The first-order valence-corrected chi connectivity index (χ1v) is 7.40. The van der Waals surface area contributed by atoms with Crippen molar-refractivity contribution in [2.24, 2.45) is 0 Å². The van der Waals surface area contributed by atoms with Gasteiger partial charge >= 0.3 is 0 Å². The minimum Gasteiger partial charge on any atom is -0.356 e. The van der Waals surface area contributed by atoms with Crippen molar-refractivity contribution < 1.29 is 9.59 Å². The van der Waals surface area contributed by atoms with Gasteiger partial charge in [0.15, 0.2) is 0 Å². The molecule has 2 amide bonds. The number of hydrazine groups is 1.